The van der Waals surface area contributed by atoms with E-state index in [1.807, 2.05) is 4.68 Å². The van der Waals surface area contributed by atoms with E-state index in [1.54, 1.807) is 6.20 Å². The first kappa shape index (κ1) is 14.7. The smallest absolute Gasteiger partial charge is 0.182 e. The molecule has 106 valence electrons. The molecule has 2 heterocycles. The number of Topliss-reactive ketones (excluding diaryl/α,β-unsaturated/α-hetero) is 1. The van der Waals surface area contributed by atoms with Gasteiger partial charge in [-0.2, -0.15) is 5.10 Å². The maximum Gasteiger partial charge on any atom is 0.182 e. The van der Waals surface area contributed by atoms with Gasteiger partial charge in [0.05, 0.1) is 10.7 Å². The summed E-state index contributed by atoms with van der Waals surface area (Å²) in [5.74, 6) is 0.863. The van der Waals surface area contributed by atoms with Crippen molar-refractivity contribution in [3.05, 3.63) is 16.4 Å². The molecule has 1 atom stereocenters. The van der Waals surface area contributed by atoms with Crippen molar-refractivity contribution < 1.29 is 4.79 Å². The van der Waals surface area contributed by atoms with Crippen molar-refractivity contribution in [2.45, 2.75) is 45.6 Å². The van der Waals surface area contributed by atoms with E-state index in [1.165, 1.54) is 12.8 Å². The highest BCUT2D eigenvalue weighted by molar-refractivity contribution is 9.10. The molecule has 1 N–H and O–H groups in total. The monoisotopic (exact) mass is 327 g/mol. The van der Waals surface area contributed by atoms with E-state index >= 15 is 0 Å². The Bertz CT molecular complexity index is 424. The molecule has 1 aliphatic rings. The van der Waals surface area contributed by atoms with Crippen molar-refractivity contribution in [3.63, 3.8) is 0 Å². The van der Waals surface area contributed by atoms with Crippen LogP contribution >= 0.6 is 15.9 Å². The van der Waals surface area contributed by atoms with Crippen LogP contribution in [-0.4, -0.2) is 28.7 Å². The quantitative estimate of drug-likeness (QED) is 0.817. The molecule has 0 bridgehead atoms. The number of aryl methyl sites for hydroxylation is 1. The fourth-order valence-electron chi connectivity index (χ4n) is 2.65. The second kappa shape index (κ2) is 7.20. The van der Waals surface area contributed by atoms with Gasteiger partial charge in [0.25, 0.3) is 0 Å². The summed E-state index contributed by atoms with van der Waals surface area (Å²) in [6, 6.07) is 0. The van der Waals surface area contributed by atoms with Gasteiger partial charge in [0, 0.05) is 13.0 Å². The van der Waals surface area contributed by atoms with Gasteiger partial charge >= 0.3 is 0 Å². The lowest BCUT2D eigenvalue weighted by atomic mass is 9.93. The number of aromatic nitrogens is 2. The summed E-state index contributed by atoms with van der Waals surface area (Å²) in [7, 11) is 0. The fourth-order valence-corrected chi connectivity index (χ4v) is 3.16. The van der Waals surface area contributed by atoms with Gasteiger partial charge in [-0.15, -0.1) is 0 Å². The Kier molecular flexibility index (Phi) is 5.58. The molecular weight excluding hydrogens is 306 g/mol. The van der Waals surface area contributed by atoms with E-state index in [0.29, 0.717) is 12.3 Å². The van der Waals surface area contributed by atoms with Crippen LogP contribution in [0.15, 0.2) is 10.7 Å². The standard InChI is InChI=1S/C14H22BrN3O/c1-2-8-18-14(12(15)10-17-18)13(19)6-5-11-4-3-7-16-9-11/h10-11,16H,2-9H2,1H3. The van der Waals surface area contributed by atoms with Crippen LogP contribution in [0, 0.1) is 5.92 Å². The summed E-state index contributed by atoms with van der Waals surface area (Å²) < 4.78 is 2.65. The van der Waals surface area contributed by atoms with E-state index < -0.39 is 0 Å². The first-order chi connectivity index (χ1) is 9.22. The highest BCUT2D eigenvalue weighted by Gasteiger charge is 2.19. The third-order valence-corrected chi connectivity index (χ3v) is 4.25. The Balaban J connectivity index is 1.93. The molecule has 0 amide bonds. The lowest BCUT2D eigenvalue weighted by molar-refractivity contribution is 0.0960. The number of hydrogen-bond acceptors (Lipinski definition) is 3. The molecule has 1 aromatic rings. The van der Waals surface area contributed by atoms with E-state index in [0.717, 1.165) is 42.6 Å². The van der Waals surface area contributed by atoms with Crippen LogP contribution in [-0.2, 0) is 6.54 Å². The average molecular weight is 328 g/mol. The number of carbonyl (C=O) groups excluding carboxylic acids is 1. The summed E-state index contributed by atoms with van der Waals surface area (Å²) in [5.41, 5.74) is 0.741. The van der Waals surface area contributed by atoms with Gasteiger partial charge in [0.15, 0.2) is 5.78 Å². The normalized spacial score (nSPS) is 19.6. The van der Waals surface area contributed by atoms with Crippen LogP contribution in [0.2, 0.25) is 0 Å². The number of rotatable bonds is 6. The van der Waals surface area contributed by atoms with Gasteiger partial charge < -0.3 is 5.32 Å². The maximum atomic E-state index is 12.4. The summed E-state index contributed by atoms with van der Waals surface area (Å²) in [6.07, 6.45) is 6.80. The fraction of sp³-hybridized carbons (Fsp3) is 0.714. The van der Waals surface area contributed by atoms with Crippen molar-refractivity contribution in [3.8, 4) is 0 Å². The van der Waals surface area contributed by atoms with Gasteiger partial charge in [-0.25, -0.2) is 0 Å². The Hall–Kier alpha value is -0.680. The van der Waals surface area contributed by atoms with E-state index in [2.05, 4.69) is 33.3 Å². The topological polar surface area (TPSA) is 46.9 Å². The summed E-state index contributed by atoms with van der Waals surface area (Å²) in [4.78, 5) is 12.4. The molecule has 5 heteroatoms. The number of piperidine rings is 1. The molecule has 1 unspecified atom stereocenters. The Morgan fingerprint density at radius 3 is 3.16 bits per heavy atom. The van der Waals surface area contributed by atoms with Gasteiger partial charge in [-0.1, -0.05) is 6.92 Å². The van der Waals surface area contributed by atoms with Crippen molar-refractivity contribution in [2.75, 3.05) is 13.1 Å². The summed E-state index contributed by atoms with van der Waals surface area (Å²) in [6.45, 7) is 5.08. The average Bonchev–Trinajstić information content (AvgIpc) is 2.79. The first-order valence-electron chi connectivity index (χ1n) is 7.17. The predicted molar refractivity (Wildman–Crippen MR) is 79.4 cm³/mol. The third-order valence-electron chi connectivity index (χ3n) is 3.67. The minimum atomic E-state index is 0.211. The minimum Gasteiger partial charge on any atom is -0.316 e. The minimum absolute atomic E-state index is 0.211. The number of carbonyl (C=O) groups is 1. The van der Waals surface area contributed by atoms with E-state index in [4.69, 9.17) is 0 Å². The van der Waals surface area contributed by atoms with Crippen molar-refractivity contribution in [2.24, 2.45) is 5.92 Å². The molecule has 1 saturated heterocycles. The highest BCUT2D eigenvalue weighted by atomic mass is 79.9. The zero-order valence-electron chi connectivity index (χ0n) is 11.5. The number of hydrogen-bond donors (Lipinski definition) is 1. The number of nitrogens with one attached hydrogen (secondary N) is 1. The molecule has 19 heavy (non-hydrogen) atoms. The van der Waals surface area contributed by atoms with Crippen molar-refractivity contribution in [1.29, 1.82) is 0 Å². The molecule has 0 spiro atoms. The molecule has 0 aliphatic carbocycles. The maximum absolute atomic E-state index is 12.4. The Morgan fingerprint density at radius 2 is 2.47 bits per heavy atom. The van der Waals surface area contributed by atoms with Crippen LogP contribution in [0.3, 0.4) is 0 Å². The van der Waals surface area contributed by atoms with Crippen molar-refractivity contribution >= 4 is 21.7 Å². The second-order valence-corrected chi connectivity index (χ2v) is 6.09. The van der Waals surface area contributed by atoms with Crippen molar-refractivity contribution in [1.82, 2.24) is 15.1 Å². The zero-order valence-corrected chi connectivity index (χ0v) is 13.1. The second-order valence-electron chi connectivity index (χ2n) is 5.24. The SMILES string of the molecule is CCCn1ncc(Br)c1C(=O)CCC1CCCNC1. The number of ketones is 1. The van der Waals surface area contributed by atoms with Gasteiger partial charge in [-0.05, 0) is 60.6 Å². The van der Waals surface area contributed by atoms with E-state index in [9.17, 15) is 4.79 Å². The third kappa shape index (κ3) is 3.89. The van der Waals surface area contributed by atoms with Gasteiger partial charge in [-0.3, -0.25) is 9.48 Å². The van der Waals surface area contributed by atoms with Crippen LogP contribution in [0.1, 0.15) is 49.5 Å². The first-order valence-corrected chi connectivity index (χ1v) is 7.97. The lowest BCUT2D eigenvalue weighted by Gasteiger charge is -2.22. The van der Waals surface area contributed by atoms with Crippen LogP contribution in [0.4, 0.5) is 0 Å². The van der Waals surface area contributed by atoms with Gasteiger partial charge in [0.1, 0.15) is 5.69 Å². The molecular formula is C14H22BrN3O. The lowest BCUT2D eigenvalue weighted by Crippen LogP contribution is -2.30. The molecule has 0 aromatic carbocycles. The van der Waals surface area contributed by atoms with Crippen LogP contribution < -0.4 is 5.32 Å². The molecule has 4 nitrogen and oxygen atoms in total. The molecule has 1 aliphatic heterocycles. The summed E-state index contributed by atoms with van der Waals surface area (Å²) in [5, 5.41) is 7.66. The number of halogens is 1. The highest BCUT2D eigenvalue weighted by Crippen LogP contribution is 2.22. The predicted octanol–water partition coefficient (Wildman–Crippen LogP) is 3.02. The Morgan fingerprint density at radius 1 is 1.63 bits per heavy atom. The van der Waals surface area contributed by atoms with E-state index in [-0.39, 0.29) is 5.78 Å². The van der Waals surface area contributed by atoms with Crippen LogP contribution in [0.5, 0.6) is 0 Å². The zero-order chi connectivity index (χ0) is 13.7. The largest absolute Gasteiger partial charge is 0.316 e. The molecule has 0 radical (unpaired) electrons. The van der Waals surface area contributed by atoms with Gasteiger partial charge in [0.2, 0.25) is 0 Å². The molecule has 1 fully saturated rings. The summed E-state index contributed by atoms with van der Waals surface area (Å²) >= 11 is 3.44. The van der Waals surface area contributed by atoms with Crippen LogP contribution in [0.25, 0.3) is 0 Å². The number of nitrogens with zero attached hydrogens (tertiary/aromatic N) is 2. The molecule has 1 aromatic heterocycles. The molecule has 2 rings (SSSR count). The Labute approximate surface area is 123 Å². The molecule has 0 saturated carbocycles.